The van der Waals surface area contributed by atoms with Gasteiger partial charge in [-0.25, -0.2) is 4.39 Å². The molecule has 0 bridgehead atoms. The van der Waals surface area contributed by atoms with Crippen LogP contribution in [0.1, 0.15) is 18.5 Å². The zero-order valence-corrected chi connectivity index (χ0v) is 17.5. The molecule has 1 atom stereocenters. The molecule has 150 valence electrons. The van der Waals surface area contributed by atoms with Crippen LogP contribution in [0.4, 0.5) is 17.6 Å². The Morgan fingerprint density at radius 2 is 2.00 bits per heavy atom. The molecule has 1 unspecified atom stereocenters. The second kappa shape index (κ2) is 11.4. The molecular formula is C16H25F4IN4O. The highest BCUT2D eigenvalue weighted by Gasteiger charge is 2.28. The lowest BCUT2D eigenvalue weighted by molar-refractivity contribution is -0.142. The molecule has 0 radical (unpaired) electrons. The van der Waals surface area contributed by atoms with E-state index in [-0.39, 0.29) is 48.9 Å². The van der Waals surface area contributed by atoms with Crippen LogP contribution in [0.5, 0.6) is 5.75 Å². The van der Waals surface area contributed by atoms with Crippen molar-refractivity contribution >= 4 is 29.9 Å². The van der Waals surface area contributed by atoms with Gasteiger partial charge in [-0.15, -0.1) is 24.0 Å². The van der Waals surface area contributed by atoms with E-state index in [4.69, 9.17) is 4.74 Å². The lowest BCUT2D eigenvalue weighted by Gasteiger charge is -2.21. The summed E-state index contributed by atoms with van der Waals surface area (Å²) < 4.78 is 55.4. The van der Waals surface area contributed by atoms with Gasteiger partial charge in [0.05, 0.1) is 19.7 Å². The van der Waals surface area contributed by atoms with Gasteiger partial charge in [0, 0.05) is 20.1 Å². The standard InChI is InChI=1S/C16H24F4N4O.HI/c1-11(12-5-6-14(25-4)13(17)9-12)23-15(21-2)22-7-8-24(3)10-16(18,19)20;/h5-6,9,11H,7-8,10H2,1-4H3,(H2,21,22,23);1H. The van der Waals surface area contributed by atoms with Crippen LogP contribution in [-0.4, -0.2) is 57.9 Å². The molecule has 0 aromatic heterocycles. The van der Waals surface area contributed by atoms with Gasteiger partial charge in [-0.05, 0) is 31.7 Å². The molecule has 0 aliphatic heterocycles. The molecule has 0 aliphatic rings. The molecule has 1 rings (SSSR count). The number of hydrogen-bond donors (Lipinski definition) is 2. The topological polar surface area (TPSA) is 48.9 Å². The van der Waals surface area contributed by atoms with Gasteiger partial charge in [-0.1, -0.05) is 6.07 Å². The Bertz CT molecular complexity index is 584. The van der Waals surface area contributed by atoms with Crippen molar-refractivity contribution < 1.29 is 22.3 Å². The minimum atomic E-state index is -4.22. The number of likely N-dealkylation sites (N-methyl/N-ethyl adjacent to an activating group) is 1. The number of rotatable bonds is 7. The molecular weight excluding hydrogens is 467 g/mol. The van der Waals surface area contributed by atoms with Crippen LogP contribution in [0.15, 0.2) is 23.2 Å². The normalized spacial score (nSPS) is 13.2. The first kappa shape index (κ1) is 24.7. The van der Waals surface area contributed by atoms with Crippen LogP contribution < -0.4 is 15.4 Å². The van der Waals surface area contributed by atoms with E-state index < -0.39 is 18.5 Å². The third-order valence-electron chi connectivity index (χ3n) is 3.49. The maximum atomic E-state index is 13.8. The second-order valence-electron chi connectivity index (χ2n) is 5.61. The molecule has 5 nitrogen and oxygen atoms in total. The predicted molar refractivity (Wildman–Crippen MR) is 105 cm³/mol. The van der Waals surface area contributed by atoms with Crippen LogP contribution in [0.3, 0.4) is 0 Å². The number of halogens is 5. The Morgan fingerprint density at radius 3 is 2.50 bits per heavy atom. The van der Waals surface area contributed by atoms with E-state index in [0.29, 0.717) is 11.5 Å². The van der Waals surface area contributed by atoms with Crippen molar-refractivity contribution in [1.29, 1.82) is 0 Å². The molecule has 1 aromatic carbocycles. The highest BCUT2D eigenvalue weighted by atomic mass is 127. The number of nitrogens with zero attached hydrogens (tertiary/aromatic N) is 2. The number of nitrogens with one attached hydrogen (secondary N) is 2. The first-order valence-electron chi connectivity index (χ1n) is 7.72. The molecule has 2 N–H and O–H groups in total. The molecule has 0 spiro atoms. The van der Waals surface area contributed by atoms with Crippen LogP contribution in [-0.2, 0) is 0 Å². The summed E-state index contributed by atoms with van der Waals surface area (Å²) in [6.07, 6.45) is -4.22. The first-order valence-corrected chi connectivity index (χ1v) is 7.72. The van der Waals surface area contributed by atoms with Crippen molar-refractivity contribution in [3.63, 3.8) is 0 Å². The third kappa shape index (κ3) is 8.88. The zero-order valence-electron chi connectivity index (χ0n) is 15.2. The Morgan fingerprint density at radius 1 is 1.35 bits per heavy atom. The fourth-order valence-electron chi connectivity index (χ4n) is 2.19. The minimum absolute atomic E-state index is 0. The van der Waals surface area contributed by atoms with Gasteiger partial charge < -0.3 is 15.4 Å². The van der Waals surface area contributed by atoms with Crippen LogP contribution >= 0.6 is 24.0 Å². The van der Waals surface area contributed by atoms with Crippen molar-refractivity contribution in [1.82, 2.24) is 15.5 Å². The largest absolute Gasteiger partial charge is 0.494 e. The summed E-state index contributed by atoms with van der Waals surface area (Å²) in [5, 5.41) is 6.00. The highest BCUT2D eigenvalue weighted by Crippen LogP contribution is 2.21. The van der Waals surface area contributed by atoms with Crippen molar-refractivity contribution in [2.45, 2.75) is 19.1 Å². The number of aliphatic imine (C=N–C) groups is 1. The van der Waals surface area contributed by atoms with E-state index in [1.54, 1.807) is 13.1 Å². The van der Waals surface area contributed by atoms with E-state index >= 15 is 0 Å². The fraction of sp³-hybridized carbons (Fsp3) is 0.562. The number of guanidine groups is 1. The van der Waals surface area contributed by atoms with Gasteiger partial charge in [-0.2, -0.15) is 13.2 Å². The van der Waals surface area contributed by atoms with E-state index in [0.717, 1.165) is 0 Å². The molecule has 0 saturated carbocycles. The first-order chi connectivity index (χ1) is 11.7. The lowest BCUT2D eigenvalue weighted by Crippen LogP contribution is -2.43. The maximum Gasteiger partial charge on any atom is 0.401 e. The van der Waals surface area contributed by atoms with E-state index in [1.807, 2.05) is 6.92 Å². The van der Waals surface area contributed by atoms with Crippen LogP contribution in [0.2, 0.25) is 0 Å². The van der Waals surface area contributed by atoms with Gasteiger partial charge in [0.15, 0.2) is 17.5 Å². The number of alkyl halides is 3. The minimum Gasteiger partial charge on any atom is -0.494 e. The van der Waals surface area contributed by atoms with E-state index in [1.165, 1.54) is 31.2 Å². The van der Waals surface area contributed by atoms with Gasteiger partial charge in [0.25, 0.3) is 0 Å². The summed E-state index contributed by atoms with van der Waals surface area (Å²) in [6.45, 7) is 1.34. The van der Waals surface area contributed by atoms with Crippen molar-refractivity contribution in [3.05, 3.63) is 29.6 Å². The highest BCUT2D eigenvalue weighted by molar-refractivity contribution is 14.0. The van der Waals surface area contributed by atoms with Gasteiger partial charge >= 0.3 is 6.18 Å². The average Bonchev–Trinajstić information content (AvgIpc) is 2.51. The predicted octanol–water partition coefficient (Wildman–Crippen LogP) is 3.17. The zero-order chi connectivity index (χ0) is 19.0. The SMILES string of the molecule is CN=C(NCCN(C)CC(F)(F)F)NC(C)c1ccc(OC)c(F)c1.I. The molecule has 26 heavy (non-hydrogen) atoms. The smallest absolute Gasteiger partial charge is 0.401 e. The van der Waals surface area contributed by atoms with Crippen molar-refractivity contribution in [2.75, 3.05) is 40.8 Å². The van der Waals surface area contributed by atoms with Crippen molar-refractivity contribution in [3.8, 4) is 5.75 Å². The van der Waals surface area contributed by atoms with Gasteiger partial charge in [0.1, 0.15) is 0 Å². The molecule has 10 heteroatoms. The van der Waals surface area contributed by atoms with Gasteiger partial charge in [0.2, 0.25) is 0 Å². The van der Waals surface area contributed by atoms with E-state index in [9.17, 15) is 17.6 Å². The average molecular weight is 492 g/mol. The maximum absolute atomic E-state index is 13.8. The van der Waals surface area contributed by atoms with Crippen molar-refractivity contribution in [2.24, 2.45) is 4.99 Å². The number of methoxy groups -OCH3 is 1. The fourth-order valence-corrected chi connectivity index (χ4v) is 2.19. The number of hydrogen-bond acceptors (Lipinski definition) is 3. The molecule has 0 heterocycles. The summed E-state index contributed by atoms with van der Waals surface area (Å²) in [5.41, 5.74) is 0.690. The van der Waals surface area contributed by atoms with Crippen LogP contribution in [0, 0.1) is 5.82 Å². The Labute approximate surface area is 168 Å². The number of ether oxygens (including phenoxy) is 1. The Hall–Kier alpha value is -1.30. The molecule has 0 saturated heterocycles. The third-order valence-corrected chi connectivity index (χ3v) is 3.49. The monoisotopic (exact) mass is 492 g/mol. The molecule has 1 aromatic rings. The second-order valence-corrected chi connectivity index (χ2v) is 5.61. The number of benzene rings is 1. The van der Waals surface area contributed by atoms with Gasteiger partial charge in [-0.3, -0.25) is 9.89 Å². The Kier molecular flexibility index (Phi) is 10.8. The lowest BCUT2D eigenvalue weighted by atomic mass is 10.1. The summed E-state index contributed by atoms with van der Waals surface area (Å²) in [4.78, 5) is 5.19. The van der Waals surface area contributed by atoms with Crippen LogP contribution in [0.25, 0.3) is 0 Å². The molecule has 0 amide bonds. The summed E-state index contributed by atoms with van der Waals surface area (Å²) in [6, 6.07) is 4.37. The summed E-state index contributed by atoms with van der Waals surface area (Å²) in [5.74, 6) is 0.112. The summed E-state index contributed by atoms with van der Waals surface area (Å²) >= 11 is 0. The molecule has 0 aliphatic carbocycles. The molecule has 0 fully saturated rings. The summed E-state index contributed by atoms with van der Waals surface area (Å²) in [7, 11) is 4.34. The van der Waals surface area contributed by atoms with E-state index in [2.05, 4.69) is 15.6 Å². The quantitative estimate of drug-likeness (QED) is 0.266. The Balaban J connectivity index is 0.00000625.